The molecule has 176 valence electrons. The number of halogens is 3. The van der Waals surface area contributed by atoms with Crippen molar-refractivity contribution in [3.8, 4) is 23.1 Å². The van der Waals surface area contributed by atoms with Crippen molar-refractivity contribution in [1.82, 2.24) is 14.0 Å². The first kappa shape index (κ1) is 20.9. The Morgan fingerprint density at radius 3 is 2.74 bits per heavy atom. The van der Waals surface area contributed by atoms with E-state index < -0.39 is 23.5 Å². The van der Waals surface area contributed by atoms with Gasteiger partial charge in [0.2, 0.25) is 12.7 Å². The highest BCUT2D eigenvalue weighted by atomic mass is 32.1. The summed E-state index contributed by atoms with van der Waals surface area (Å²) < 4.78 is 52.6. The van der Waals surface area contributed by atoms with Crippen molar-refractivity contribution in [3.63, 3.8) is 0 Å². The number of nitrogens with zero attached hydrogens (tertiary/aromatic N) is 3. The SMILES string of the molecule is O=c1n(-c2cccc(C(F)(F)F)c2)c(O)c2n1C1CC2N(C(=S)Nc2ccc3c(c2)OCO3)C1. The standard InChI is InChI=1S/C22H17F3N4O4S/c23-22(24,25)11-2-1-3-13(6-11)29-19(30)18-15-8-14(28(18)21(29)31)9-27(15)20(34)26-12-4-5-16-17(7-12)33-10-32-16/h1-7,14-15,30H,8-10H2,(H,26,34). The fourth-order valence-electron chi connectivity index (χ4n) is 4.89. The average Bonchev–Trinajstić information content (AvgIpc) is 3.56. The van der Waals surface area contributed by atoms with Gasteiger partial charge in [-0.05, 0) is 49.0 Å². The Morgan fingerprint density at radius 1 is 1.15 bits per heavy atom. The zero-order valence-electron chi connectivity index (χ0n) is 17.4. The minimum Gasteiger partial charge on any atom is -0.493 e. The van der Waals surface area contributed by atoms with Crippen LogP contribution in [0.3, 0.4) is 0 Å². The maximum absolute atomic E-state index is 13.2. The van der Waals surface area contributed by atoms with E-state index in [9.17, 15) is 23.1 Å². The van der Waals surface area contributed by atoms with Crippen LogP contribution in [-0.4, -0.2) is 37.6 Å². The molecular weight excluding hydrogens is 473 g/mol. The van der Waals surface area contributed by atoms with Gasteiger partial charge in [0.15, 0.2) is 16.6 Å². The molecule has 3 aliphatic heterocycles. The summed E-state index contributed by atoms with van der Waals surface area (Å²) in [6.45, 7) is 0.582. The number of aromatic nitrogens is 2. The van der Waals surface area contributed by atoms with Gasteiger partial charge in [-0.2, -0.15) is 13.2 Å². The average molecular weight is 490 g/mol. The summed E-state index contributed by atoms with van der Waals surface area (Å²) in [5.41, 5.74) is -0.491. The first-order valence-corrected chi connectivity index (χ1v) is 10.8. The summed E-state index contributed by atoms with van der Waals surface area (Å²) in [4.78, 5) is 15.0. The summed E-state index contributed by atoms with van der Waals surface area (Å²) in [6, 6.07) is 9.01. The van der Waals surface area contributed by atoms with Crippen LogP contribution in [0.25, 0.3) is 5.69 Å². The van der Waals surface area contributed by atoms with Crippen LogP contribution < -0.4 is 20.5 Å². The molecule has 34 heavy (non-hydrogen) atoms. The quantitative estimate of drug-likeness (QED) is 0.529. The summed E-state index contributed by atoms with van der Waals surface area (Å²) in [5.74, 6) is 0.856. The normalized spacial score (nSPS) is 20.0. The van der Waals surface area contributed by atoms with Gasteiger partial charge in [-0.1, -0.05) is 6.07 Å². The number of rotatable bonds is 2. The monoisotopic (exact) mass is 490 g/mol. The van der Waals surface area contributed by atoms with Crippen LogP contribution in [0, 0.1) is 0 Å². The van der Waals surface area contributed by atoms with Gasteiger partial charge in [0.05, 0.1) is 23.3 Å². The van der Waals surface area contributed by atoms with E-state index in [1.54, 1.807) is 18.2 Å². The van der Waals surface area contributed by atoms with Crippen LogP contribution in [0.5, 0.6) is 17.4 Å². The van der Waals surface area contributed by atoms with Gasteiger partial charge in [-0.25, -0.2) is 9.36 Å². The number of hydrogen-bond donors (Lipinski definition) is 2. The number of hydrogen-bond acceptors (Lipinski definition) is 5. The fraction of sp³-hybridized carbons (Fsp3) is 0.273. The summed E-state index contributed by atoms with van der Waals surface area (Å²) in [7, 11) is 0. The van der Waals surface area contributed by atoms with E-state index in [0.29, 0.717) is 41.0 Å². The first-order chi connectivity index (χ1) is 16.2. The second-order valence-corrected chi connectivity index (χ2v) is 8.69. The molecule has 2 N–H and O–H groups in total. The highest BCUT2D eigenvalue weighted by molar-refractivity contribution is 7.80. The van der Waals surface area contributed by atoms with Gasteiger partial charge < -0.3 is 24.8 Å². The number of benzene rings is 2. The van der Waals surface area contributed by atoms with Crippen molar-refractivity contribution in [2.24, 2.45) is 0 Å². The second kappa shape index (κ2) is 7.16. The molecule has 0 saturated carbocycles. The first-order valence-electron chi connectivity index (χ1n) is 10.4. The molecule has 0 spiro atoms. The largest absolute Gasteiger partial charge is 0.493 e. The van der Waals surface area contributed by atoms with E-state index in [1.807, 2.05) is 4.90 Å². The third-order valence-electron chi connectivity index (χ3n) is 6.37. The van der Waals surface area contributed by atoms with E-state index in [2.05, 4.69) is 5.32 Å². The topological polar surface area (TPSA) is 80.9 Å². The molecule has 1 aromatic heterocycles. The lowest BCUT2D eigenvalue weighted by Crippen LogP contribution is -2.39. The van der Waals surface area contributed by atoms with Crippen molar-refractivity contribution in [3.05, 3.63) is 64.2 Å². The molecule has 0 radical (unpaired) electrons. The molecule has 6 rings (SSSR count). The molecule has 0 amide bonds. The number of imidazole rings is 1. The van der Waals surface area contributed by atoms with Gasteiger partial charge in [-0.15, -0.1) is 0 Å². The Hall–Kier alpha value is -3.67. The Morgan fingerprint density at radius 2 is 1.94 bits per heavy atom. The summed E-state index contributed by atoms with van der Waals surface area (Å²) in [6.07, 6.45) is -4.01. The lowest BCUT2D eigenvalue weighted by Gasteiger charge is -2.30. The Bertz CT molecular complexity index is 1400. The van der Waals surface area contributed by atoms with E-state index in [0.717, 1.165) is 16.7 Å². The number of alkyl halides is 3. The number of thiocarbonyl (C=S) groups is 1. The molecule has 1 fully saturated rings. The fourth-order valence-corrected chi connectivity index (χ4v) is 5.21. The van der Waals surface area contributed by atoms with Crippen LogP contribution in [0.15, 0.2) is 47.3 Å². The predicted octanol–water partition coefficient (Wildman–Crippen LogP) is 3.79. The van der Waals surface area contributed by atoms with Gasteiger partial charge in [0.1, 0.15) is 5.69 Å². The number of fused-ring (bicyclic) bond motifs is 6. The molecule has 2 atom stereocenters. The molecule has 0 aliphatic carbocycles. The Kier molecular flexibility index (Phi) is 4.40. The minimum atomic E-state index is -4.57. The molecular formula is C22H17F3N4O4S. The molecule has 2 aromatic carbocycles. The van der Waals surface area contributed by atoms with Crippen molar-refractivity contribution in [2.45, 2.75) is 24.7 Å². The van der Waals surface area contributed by atoms with E-state index >= 15 is 0 Å². The van der Waals surface area contributed by atoms with E-state index in [1.165, 1.54) is 16.7 Å². The number of nitrogens with one attached hydrogen (secondary N) is 1. The molecule has 4 heterocycles. The molecule has 3 aromatic rings. The van der Waals surface area contributed by atoms with Crippen LogP contribution in [0.1, 0.15) is 29.8 Å². The number of likely N-dealkylation sites (tertiary alicyclic amines) is 1. The Balaban J connectivity index is 1.31. The minimum absolute atomic E-state index is 0.0498. The van der Waals surface area contributed by atoms with Crippen LogP contribution in [-0.2, 0) is 6.18 Å². The van der Waals surface area contributed by atoms with Crippen molar-refractivity contribution < 1.29 is 27.8 Å². The predicted molar refractivity (Wildman–Crippen MR) is 119 cm³/mol. The van der Waals surface area contributed by atoms with Gasteiger partial charge in [-0.3, -0.25) is 4.57 Å². The van der Waals surface area contributed by atoms with Gasteiger partial charge >= 0.3 is 11.9 Å². The smallest absolute Gasteiger partial charge is 0.416 e. The molecule has 2 bridgehead atoms. The van der Waals surface area contributed by atoms with Gasteiger partial charge in [0.25, 0.3) is 0 Å². The van der Waals surface area contributed by atoms with E-state index in [-0.39, 0.29) is 24.4 Å². The lowest BCUT2D eigenvalue weighted by atomic mass is 10.2. The van der Waals surface area contributed by atoms with Crippen molar-refractivity contribution in [1.29, 1.82) is 0 Å². The van der Waals surface area contributed by atoms with Crippen molar-refractivity contribution in [2.75, 3.05) is 18.7 Å². The van der Waals surface area contributed by atoms with Crippen molar-refractivity contribution >= 4 is 23.0 Å². The zero-order valence-corrected chi connectivity index (χ0v) is 18.2. The molecule has 12 heteroatoms. The maximum Gasteiger partial charge on any atom is 0.416 e. The summed E-state index contributed by atoms with van der Waals surface area (Å²) in [5, 5.41) is 14.5. The summed E-state index contributed by atoms with van der Waals surface area (Å²) >= 11 is 5.59. The third-order valence-corrected chi connectivity index (χ3v) is 6.71. The van der Waals surface area contributed by atoms with E-state index in [4.69, 9.17) is 21.7 Å². The number of aromatic hydroxyl groups is 1. The van der Waals surface area contributed by atoms with Crippen LogP contribution in [0.2, 0.25) is 0 Å². The lowest BCUT2D eigenvalue weighted by molar-refractivity contribution is -0.137. The third kappa shape index (κ3) is 3.05. The number of anilines is 1. The molecule has 8 nitrogen and oxygen atoms in total. The maximum atomic E-state index is 13.2. The van der Waals surface area contributed by atoms with Crippen LogP contribution in [0.4, 0.5) is 18.9 Å². The zero-order chi connectivity index (χ0) is 23.8. The highest BCUT2D eigenvalue weighted by Gasteiger charge is 2.48. The highest BCUT2D eigenvalue weighted by Crippen LogP contribution is 2.49. The molecule has 1 saturated heterocycles. The Labute approximate surface area is 195 Å². The van der Waals surface area contributed by atoms with Crippen LogP contribution >= 0.6 is 12.2 Å². The van der Waals surface area contributed by atoms with Gasteiger partial charge in [0, 0.05) is 18.3 Å². The molecule has 2 unspecified atom stereocenters. The second-order valence-electron chi connectivity index (χ2n) is 8.30. The number of ether oxygens (including phenoxy) is 2. The molecule has 3 aliphatic rings.